The summed E-state index contributed by atoms with van der Waals surface area (Å²) in [6.07, 6.45) is 4.94. The zero-order chi connectivity index (χ0) is 15.4. The smallest absolute Gasteiger partial charge is 0.0883 e. The molecule has 22 heavy (non-hydrogen) atoms. The minimum absolute atomic E-state index is 0.938. The van der Waals surface area contributed by atoms with Crippen LogP contribution in [0.3, 0.4) is 0 Å². The number of piperazine rings is 1. The lowest BCUT2D eigenvalue weighted by Crippen LogP contribution is -2.43. The van der Waals surface area contributed by atoms with Gasteiger partial charge in [-0.25, -0.2) is 0 Å². The number of pyridine rings is 1. The van der Waals surface area contributed by atoms with Crippen LogP contribution in [0.5, 0.6) is 0 Å². The van der Waals surface area contributed by atoms with Crippen molar-refractivity contribution in [2.24, 2.45) is 0 Å². The summed E-state index contributed by atoms with van der Waals surface area (Å²) in [5, 5.41) is 4.37. The van der Waals surface area contributed by atoms with Gasteiger partial charge < -0.3 is 4.90 Å². The van der Waals surface area contributed by atoms with E-state index in [1.165, 1.54) is 5.56 Å². The van der Waals surface area contributed by atoms with Gasteiger partial charge in [0.05, 0.1) is 11.4 Å². The van der Waals surface area contributed by atoms with Gasteiger partial charge in [0, 0.05) is 51.7 Å². The van der Waals surface area contributed by atoms with E-state index in [-0.39, 0.29) is 0 Å². The average molecular weight is 299 g/mol. The second kappa shape index (κ2) is 7.03. The minimum atomic E-state index is 0.938. The maximum atomic E-state index is 4.65. The van der Waals surface area contributed by atoms with E-state index in [1.807, 2.05) is 23.1 Å². The lowest BCUT2D eigenvalue weighted by molar-refractivity contribution is 0.148. The molecule has 0 aliphatic carbocycles. The van der Waals surface area contributed by atoms with Gasteiger partial charge >= 0.3 is 0 Å². The molecule has 0 unspecified atom stereocenters. The van der Waals surface area contributed by atoms with E-state index in [9.17, 15) is 0 Å². The van der Waals surface area contributed by atoms with Gasteiger partial charge in [-0.05, 0) is 31.2 Å². The molecule has 0 amide bonds. The third kappa shape index (κ3) is 3.54. The third-order valence-corrected chi connectivity index (χ3v) is 4.24. The van der Waals surface area contributed by atoms with Gasteiger partial charge in [-0.1, -0.05) is 13.0 Å². The molecule has 1 saturated heterocycles. The second-order valence-corrected chi connectivity index (χ2v) is 6.07. The topological polar surface area (TPSA) is 37.2 Å². The summed E-state index contributed by atoms with van der Waals surface area (Å²) >= 11 is 0. The first-order valence-electron chi connectivity index (χ1n) is 8.14. The number of likely N-dealkylation sites (N-methyl/N-ethyl adjacent to an activating group) is 1. The Hall–Kier alpha value is -1.72. The van der Waals surface area contributed by atoms with Crippen molar-refractivity contribution in [2.45, 2.75) is 26.4 Å². The first kappa shape index (κ1) is 15.2. The van der Waals surface area contributed by atoms with Gasteiger partial charge in [-0.15, -0.1) is 0 Å². The van der Waals surface area contributed by atoms with E-state index in [0.29, 0.717) is 0 Å². The summed E-state index contributed by atoms with van der Waals surface area (Å²) in [4.78, 5) is 9.53. The third-order valence-electron chi connectivity index (χ3n) is 4.24. The molecule has 0 spiro atoms. The number of aryl methyl sites for hydroxylation is 1. The Kier molecular flexibility index (Phi) is 4.85. The maximum Gasteiger partial charge on any atom is 0.0883 e. The van der Waals surface area contributed by atoms with Crippen molar-refractivity contribution < 1.29 is 0 Å². The Morgan fingerprint density at radius 3 is 2.59 bits per heavy atom. The monoisotopic (exact) mass is 299 g/mol. The van der Waals surface area contributed by atoms with Gasteiger partial charge in [0.15, 0.2) is 0 Å². The van der Waals surface area contributed by atoms with E-state index in [1.54, 1.807) is 0 Å². The molecule has 3 rings (SSSR count). The van der Waals surface area contributed by atoms with Crippen LogP contribution in [-0.4, -0.2) is 57.8 Å². The first-order valence-corrected chi connectivity index (χ1v) is 8.14. The fourth-order valence-corrected chi connectivity index (χ4v) is 2.87. The van der Waals surface area contributed by atoms with Gasteiger partial charge in [0.1, 0.15) is 0 Å². The van der Waals surface area contributed by atoms with Gasteiger partial charge in [-0.3, -0.25) is 14.6 Å². The molecule has 2 aromatic heterocycles. The highest BCUT2D eigenvalue weighted by molar-refractivity contribution is 5.54. The standard InChI is InChI=1S/C17H25N5/c1-3-8-22-17(6-7-19-22)16-5-4-15(13-18-16)14-21-11-9-20(2)10-12-21/h4-7,13H,3,8-12,14H2,1-2H3. The van der Waals surface area contributed by atoms with Crippen LogP contribution < -0.4 is 0 Å². The molecular weight excluding hydrogens is 274 g/mol. The lowest BCUT2D eigenvalue weighted by atomic mass is 10.2. The summed E-state index contributed by atoms with van der Waals surface area (Å²) in [6.45, 7) is 8.69. The normalized spacial score (nSPS) is 17.0. The molecule has 0 atom stereocenters. The SMILES string of the molecule is CCCn1nccc1-c1ccc(CN2CCN(C)CC2)cn1. The van der Waals surface area contributed by atoms with E-state index >= 15 is 0 Å². The summed E-state index contributed by atoms with van der Waals surface area (Å²) in [7, 11) is 2.19. The van der Waals surface area contributed by atoms with Crippen LogP contribution in [-0.2, 0) is 13.1 Å². The van der Waals surface area contributed by atoms with Crippen LogP contribution in [0.4, 0.5) is 0 Å². The predicted octanol–water partition coefficient (Wildman–Crippen LogP) is 2.10. The summed E-state index contributed by atoms with van der Waals surface area (Å²) in [6, 6.07) is 6.36. The highest BCUT2D eigenvalue weighted by atomic mass is 15.3. The molecule has 5 heteroatoms. The molecule has 2 aromatic rings. The number of hydrogen-bond donors (Lipinski definition) is 0. The Labute approximate surface area is 132 Å². The van der Waals surface area contributed by atoms with Crippen LogP contribution in [0.25, 0.3) is 11.4 Å². The molecule has 0 N–H and O–H groups in total. The van der Waals surface area contributed by atoms with Crippen molar-refractivity contribution in [3.63, 3.8) is 0 Å². The van der Waals surface area contributed by atoms with Crippen molar-refractivity contribution in [1.29, 1.82) is 0 Å². The van der Waals surface area contributed by atoms with Gasteiger partial charge in [-0.2, -0.15) is 5.10 Å². The zero-order valence-corrected chi connectivity index (χ0v) is 13.6. The van der Waals surface area contributed by atoms with Crippen molar-refractivity contribution in [1.82, 2.24) is 24.6 Å². The second-order valence-electron chi connectivity index (χ2n) is 6.07. The quantitative estimate of drug-likeness (QED) is 0.847. The molecule has 1 fully saturated rings. The molecule has 5 nitrogen and oxygen atoms in total. The van der Waals surface area contributed by atoms with Crippen LogP contribution in [0, 0.1) is 0 Å². The van der Waals surface area contributed by atoms with Crippen molar-refractivity contribution in [2.75, 3.05) is 33.2 Å². The molecule has 0 bridgehead atoms. The van der Waals surface area contributed by atoms with E-state index in [4.69, 9.17) is 0 Å². The van der Waals surface area contributed by atoms with E-state index in [2.05, 4.69) is 46.0 Å². The molecule has 0 radical (unpaired) electrons. The summed E-state index contributed by atoms with van der Waals surface area (Å²) in [5.41, 5.74) is 3.40. The summed E-state index contributed by atoms with van der Waals surface area (Å²) < 4.78 is 2.03. The first-order chi connectivity index (χ1) is 10.8. The Balaban J connectivity index is 1.66. The molecule has 0 saturated carbocycles. The van der Waals surface area contributed by atoms with Gasteiger partial charge in [0.2, 0.25) is 0 Å². The fraction of sp³-hybridized carbons (Fsp3) is 0.529. The molecule has 1 aliphatic rings. The van der Waals surface area contributed by atoms with E-state index in [0.717, 1.165) is 57.1 Å². The Morgan fingerprint density at radius 2 is 1.91 bits per heavy atom. The summed E-state index contributed by atoms with van der Waals surface area (Å²) in [5.74, 6) is 0. The fourth-order valence-electron chi connectivity index (χ4n) is 2.87. The highest BCUT2D eigenvalue weighted by Gasteiger charge is 2.14. The number of hydrogen-bond acceptors (Lipinski definition) is 4. The predicted molar refractivity (Wildman–Crippen MR) is 88.5 cm³/mol. The zero-order valence-electron chi connectivity index (χ0n) is 13.6. The van der Waals surface area contributed by atoms with Crippen molar-refractivity contribution in [3.05, 3.63) is 36.2 Å². The average Bonchev–Trinajstić information content (AvgIpc) is 2.99. The lowest BCUT2D eigenvalue weighted by Gasteiger charge is -2.32. The molecule has 3 heterocycles. The van der Waals surface area contributed by atoms with Crippen LogP contribution in [0.2, 0.25) is 0 Å². The van der Waals surface area contributed by atoms with Crippen molar-refractivity contribution >= 4 is 0 Å². The molecule has 0 aromatic carbocycles. The largest absolute Gasteiger partial charge is 0.304 e. The van der Waals surface area contributed by atoms with Crippen LogP contribution in [0.15, 0.2) is 30.6 Å². The van der Waals surface area contributed by atoms with E-state index < -0.39 is 0 Å². The van der Waals surface area contributed by atoms with Gasteiger partial charge in [0.25, 0.3) is 0 Å². The molecule has 118 valence electrons. The Bertz CT molecular complexity index is 581. The molecule has 1 aliphatic heterocycles. The Morgan fingerprint density at radius 1 is 1.09 bits per heavy atom. The number of aromatic nitrogens is 3. The number of nitrogens with zero attached hydrogens (tertiary/aromatic N) is 5. The minimum Gasteiger partial charge on any atom is -0.304 e. The molecular formula is C17H25N5. The number of rotatable bonds is 5. The van der Waals surface area contributed by atoms with Crippen LogP contribution in [0.1, 0.15) is 18.9 Å². The highest BCUT2D eigenvalue weighted by Crippen LogP contribution is 2.17. The van der Waals surface area contributed by atoms with Crippen LogP contribution >= 0.6 is 0 Å². The van der Waals surface area contributed by atoms with Crippen molar-refractivity contribution in [3.8, 4) is 11.4 Å². The maximum absolute atomic E-state index is 4.65.